The summed E-state index contributed by atoms with van der Waals surface area (Å²) in [6.07, 6.45) is 2.72. The van der Waals surface area contributed by atoms with Crippen LogP contribution in [0.4, 0.5) is 0 Å². The highest BCUT2D eigenvalue weighted by Crippen LogP contribution is 2.20. The number of rotatable bonds is 1. The minimum atomic E-state index is -0.111. The van der Waals surface area contributed by atoms with Gasteiger partial charge in [-0.15, -0.1) is 0 Å². The molecule has 6 nitrogen and oxygen atoms in total. The molecule has 0 saturated carbocycles. The van der Waals surface area contributed by atoms with Crippen molar-refractivity contribution in [1.82, 2.24) is 5.01 Å². The van der Waals surface area contributed by atoms with Gasteiger partial charge < -0.3 is 11.5 Å². The number of aliphatic imine (C=N–C) groups is 1. The average Bonchev–Trinajstić information content (AvgIpc) is 2.45. The zero-order valence-electron chi connectivity index (χ0n) is 8.44. The molecule has 0 aromatic carbocycles. The van der Waals surface area contributed by atoms with E-state index in [9.17, 15) is 0 Å². The fraction of sp³-hybridized carbons (Fsp3) is 0.625. The Morgan fingerprint density at radius 2 is 2.29 bits per heavy atom. The number of hydrogen-bond donors (Lipinski definition) is 3. The van der Waals surface area contributed by atoms with Crippen molar-refractivity contribution in [3.05, 3.63) is 0 Å². The number of nitrogens with zero attached hydrogens (tertiary/aromatic N) is 3. The fourth-order valence-corrected chi connectivity index (χ4v) is 1.51. The van der Waals surface area contributed by atoms with Crippen molar-refractivity contribution in [3.63, 3.8) is 0 Å². The molecule has 0 aliphatic carbocycles. The van der Waals surface area contributed by atoms with Crippen molar-refractivity contribution in [1.29, 1.82) is 5.41 Å². The standard InChI is InChI=1S/C8H16N6/c1-3-6-5(2)4-12-14(6)8(11)13-7(9)10/h4-6H,3H2,1-2H3,(H5,9,10,11,13). The highest BCUT2D eigenvalue weighted by atomic mass is 15.5. The zero-order chi connectivity index (χ0) is 10.7. The summed E-state index contributed by atoms with van der Waals surface area (Å²) in [6.45, 7) is 4.10. The Balaban J connectivity index is 2.74. The fourth-order valence-electron chi connectivity index (χ4n) is 1.51. The van der Waals surface area contributed by atoms with E-state index in [1.165, 1.54) is 0 Å². The number of hydrazone groups is 1. The lowest BCUT2D eigenvalue weighted by Gasteiger charge is -2.22. The quantitative estimate of drug-likeness (QED) is 0.403. The molecule has 14 heavy (non-hydrogen) atoms. The van der Waals surface area contributed by atoms with Crippen molar-refractivity contribution in [2.45, 2.75) is 26.3 Å². The van der Waals surface area contributed by atoms with Crippen molar-refractivity contribution in [2.24, 2.45) is 27.5 Å². The molecular formula is C8H16N6. The highest BCUT2D eigenvalue weighted by molar-refractivity contribution is 5.92. The molecule has 0 radical (unpaired) electrons. The Bertz CT molecular complexity index is 278. The Hall–Kier alpha value is -1.59. The van der Waals surface area contributed by atoms with Crippen LogP contribution in [0.1, 0.15) is 20.3 Å². The van der Waals surface area contributed by atoms with Crippen LogP contribution in [0.25, 0.3) is 0 Å². The van der Waals surface area contributed by atoms with E-state index in [-0.39, 0.29) is 18.0 Å². The van der Waals surface area contributed by atoms with Crippen LogP contribution in [0.15, 0.2) is 10.1 Å². The van der Waals surface area contributed by atoms with Gasteiger partial charge in [-0.3, -0.25) is 5.41 Å². The minimum Gasteiger partial charge on any atom is -0.370 e. The van der Waals surface area contributed by atoms with Crippen LogP contribution in [0, 0.1) is 11.3 Å². The Kier molecular flexibility index (Phi) is 3.06. The molecule has 2 unspecified atom stereocenters. The lowest BCUT2D eigenvalue weighted by molar-refractivity contribution is 0.306. The Morgan fingerprint density at radius 3 is 2.79 bits per heavy atom. The largest absolute Gasteiger partial charge is 0.370 e. The first-order chi connectivity index (χ1) is 6.56. The molecule has 0 bridgehead atoms. The lowest BCUT2D eigenvalue weighted by atomic mass is 10.0. The normalized spacial score (nSPS) is 25.1. The summed E-state index contributed by atoms with van der Waals surface area (Å²) < 4.78 is 0. The van der Waals surface area contributed by atoms with Gasteiger partial charge in [0.15, 0.2) is 5.96 Å². The molecule has 1 rings (SSSR count). The van der Waals surface area contributed by atoms with Gasteiger partial charge in [-0.25, -0.2) is 5.01 Å². The van der Waals surface area contributed by atoms with E-state index in [1.54, 1.807) is 5.01 Å². The molecular weight excluding hydrogens is 180 g/mol. The molecule has 2 atom stereocenters. The van der Waals surface area contributed by atoms with Crippen LogP contribution in [0.5, 0.6) is 0 Å². The average molecular weight is 196 g/mol. The molecule has 6 heteroatoms. The van der Waals surface area contributed by atoms with Gasteiger partial charge in [-0.2, -0.15) is 10.1 Å². The second-order valence-corrected chi connectivity index (χ2v) is 3.30. The third kappa shape index (κ3) is 2.01. The third-order valence-corrected chi connectivity index (χ3v) is 2.22. The second kappa shape index (κ2) is 4.08. The van der Waals surface area contributed by atoms with Gasteiger partial charge in [0.2, 0.25) is 5.96 Å². The number of hydrogen-bond acceptors (Lipinski definition) is 2. The summed E-state index contributed by atoms with van der Waals surface area (Å²) >= 11 is 0. The second-order valence-electron chi connectivity index (χ2n) is 3.30. The summed E-state index contributed by atoms with van der Waals surface area (Å²) in [5.74, 6) is 0.214. The summed E-state index contributed by atoms with van der Waals surface area (Å²) in [5, 5.41) is 13.2. The molecule has 0 saturated heterocycles. The third-order valence-electron chi connectivity index (χ3n) is 2.22. The zero-order valence-corrected chi connectivity index (χ0v) is 8.44. The van der Waals surface area contributed by atoms with Gasteiger partial charge in [-0.05, 0) is 6.42 Å². The van der Waals surface area contributed by atoms with E-state index in [1.807, 2.05) is 13.1 Å². The topological polar surface area (TPSA) is 104 Å². The minimum absolute atomic E-state index is 0.00236. The Labute approximate surface area is 83.2 Å². The predicted molar refractivity (Wildman–Crippen MR) is 57.1 cm³/mol. The van der Waals surface area contributed by atoms with Crippen LogP contribution in [-0.2, 0) is 0 Å². The summed E-state index contributed by atoms with van der Waals surface area (Å²) in [6, 6.07) is 0.186. The Morgan fingerprint density at radius 1 is 1.64 bits per heavy atom. The number of nitrogens with two attached hydrogens (primary N) is 2. The number of guanidine groups is 2. The van der Waals surface area contributed by atoms with Crippen LogP contribution < -0.4 is 11.5 Å². The summed E-state index contributed by atoms with van der Waals surface area (Å²) in [4.78, 5) is 3.66. The van der Waals surface area contributed by atoms with Crippen LogP contribution in [0.3, 0.4) is 0 Å². The maximum absolute atomic E-state index is 7.60. The van der Waals surface area contributed by atoms with Gasteiger partial charge in [0.05, 0.1) is 6.04 Å². The van der Waals surface area contributed by atoms with Crippen LogP contribution >= 0.6 is 0 Å². The lowest BCUT2D eigenvalue weighted by Crippen LogP contribution is -2.36. The van der Waals surface area contributed by atoms with E-state index >= 15 is 0 Å². The van der Waals surface area contributed by atoms with Crippen molar-refractivity contribution < 1.29 is 0 Å². The van der Waals surface area contributed by atoms with Crippen LogP contribution in [0.2, 0.25) is 0 Å². The molecule has 0 amide bonds. The number of nitrogens with one attached hydrogen (secondary N) is 1. The molecule has 0 spiro atoms. The highest BCUT2D eigenvalue weighted by Gasteiger charge is 2.28. The summed E-state index contributed by atoms with van der Waals surface area (Å²) in [7, 11) is 0. The molecule has 78 valence electrons. The first-order valence-electron chi connectivity index (χ1n) is 4.57. The molecule has 1 aliphatic rings. The van der Waals surface area contributed by atoms with Gasteiger partial charge >= 0.3 is 0 Å². The maximum atomic E-state index is 7.60. The SMILES string of the molecule is CCC1C(C)C=NN1C(=N)N=C(N)N. The molecule has 0 aromatic heterocycles. The van der Waals surface area contributed by atoms with Gasteiger partial charge in [0.1, 0.15) is 0 Å². The first kappa shape index (κ1) is 10.5. The van der Waals surface area contributed by atoms with E-state index in [0.29, 0.717) is 5.92 Å². The van der Waals surface area contributed by atoms with E-state index in [4.69, 9.17) is 16.9 Å². The van der Waals surface area contributed by atoms with Gasteiger partial charge in [0, 0.05) is 12.1 Å². The van der Waals surface area contributed by atoms with E-state index < -0.39 is 0 Å². The molecule has 0 aromatic rings. The monoisotopic (exact) mass is 196 g/mol. The summed E-state index contributed by atoms with van der Waals surface area (Å²) in [5.41, 5.74) is 10.4. The van der Waals surface area contributed by atoms with Gasteiger partial charge in [-0.1, -0.05) is 13.8 Å². The maximum Gasteiger partial charge on any atom is 0.242 e. The van der Waals surface area contributed by atoms with Crippen LogP contribution in [-0.4, -0.2) is 29.2 Å². The predicted octanol–water partition coefficient (Wildman–Crippen LogP) is -0.0893. The van der Waals surface area contributed by atoms with Crippen molar-refractivity contribution in [3.8, 4) is 0 Å². The first-order valence-corrected chi connectivity index (χ1v) is 4.57. The van der Waals surface area contributed by atoms with Gasteiger partial charge in [0.25, 0.3) is 0 Å². The van der Waals surface area contributed by atoms with Crippen molar-refractivity contribution >= 4 is 18.1 Å². The van der Waals surface area contributed by atoms with Crippen molar-refractivity contribution in [2.75, 3.05) is 0 Å². The molecule has 1 heterocycles. The van der Waals surface area contributed by atoms with E-state index in [0.717, 1.165) is 6.42 Å². The van der Waals surface area contributed by atoms with E-state index in [2.05, 4.69) is 17.0 Å². The molecule has 1 aliphatic heterocycles. The molecule has 0 fully saturated rings. The molecule has 5 N–H and O–H groups in total. The smallest absolute Gasteiger partial charge is 0.242 e.